The van der Waals surface area contributed by atoms with Crippen LogP contribution in [0.1, 0.15) is 75.3 Å². The van der Waals surface area contributed by atoms with Gasteiger partial charge in [0.2, 0.25) is 11.8 Å². The fraction of sp³-hybridized carbons (Fsp3) is 0.500. The fourth-order valence-corrected chi connectivity index (χ4v) is 6.09. The smallest absolute Gasteiger partial charge is 0.303 e. The Labute approximate surface area is 248 Å². The van der Waals surface area contributed by atoms with Crippen LogP contribution < -0.4 is 10.9 Å². The first-order valence-electron chi connectivity index (χ1n) is 14.2. The average molecular weight is 599 g/mol. The molecule has 1 aromatic carbocycles. The van der Waals surface area contributed by atoms with Crippen LogP contribution in [0.15, 0.2) is 45.2 Å². The molecular formula is C30H38N4O7S. The lowest BCUT2D eigenvalue weighted by molar-refractivity contribution is -0.138. The van der Waals surface area contributed by atoms with Crippen LogP contribution in [0, 0.1) is 12.8 Å². The van der Waals surface area contributed by atoms with Crippen LogP contribution in [0.5, 0.6) is 0 Å². The number of aromatic nitrogens is 2. The number of nitrogens with one attached hydrogen (secondary N) is 1. The summed E-state index contributed by atoms with van der Waals surface area (Å²) < 4.78 is 6.90. The first-order valence-corrected chi connectivity index (χ1v) is 15.1. The van der Waals surface area contributed by atoms with Gasteiger partial charge in [0, 0.05) is 25.5 Å². The molecule has 4 atom stereocenters. The largest absolute Gasteiger partial charge is 0.481 e. The quantitative estimate of drug-likeness (QED) is 0.267. The van der Waals surface area contributed by atoms with E-state index < -0.39 is 35.6 Å². The van der Waals surface area contributed by atoms with Crippen LogP contribution in [-0.2, 0) is 20.9 Å². The summed E-state index contributed by atoms with van der Waals surface area (Å²) in [5.74, 6) is -2.86. The third-order valence-corrected chi connectivity index (χ3v) is 8.63. The zero-order valence-corrected chi connectivity index (χ0v) is 25.1. The van der Waals surface area contributed by atoms with E-state index in [1.54, 1.807) is 23.8 Å². The Morgan fingerprint density at radius 3 is 2.50 bits per heavy atom. The van der Waals surface area contributed by atoms with E-state index in [0.29, 0.717) is 12.8 Å². The molecule has 3 N–H and O–H groups in total. The van der Waals surface area contributed by atoms with Crippen molar-refractivity contribution in [3.8, 4) is 10.4 Å². The molecule has 2 amide bonds. The molecule has 42 heavy (non-hydrogen) atoms. The number of likely N-dealkylation sites (tertiary alicyclic amines) is 1. The highest BCUT2D eigenvalue weighted by Crippen LogP contribution is 2.31. The van der Waals surface area contributed by atoms with Crippen molar-refractivity contribution < 1.29 is 29.1 Å². The minimum atomic E-state index is -0.906. The number of nitrogens with zero attached hydrogens (tertiary/aromatic N) is 3. The summed E-state index contributed by atoms with van der Waals surface area (Å²) in [6, 6.07) is 9.05. The maximum atomic E-state index is 13.8. The molecule has 2 aromatic heterocycles. The molecule has 1 aliphatic heterocycles. The summed E-state index contributed by atoms with van der Waals surface area (Å²) in [5, 5.41) is 22.2. The first-order chi connectivity index (χ1) is 20.0. The number of amides is 2. The van der Waals surface area contributed by atoms with Gasteiger partial charge in [0.05, 0.1) is 34.6 Å². The molecule has 12 heteroatoms. The number of carbonyl (C=O) groups excluding carboxylic acids is 2. The van der Waals surface area contributed by atoms with E-state index in [1.165, 1.54) is 11.0 Å². The van der Waals surface area contributed by atoms with Crippen LogP contribution in [0.2, 0.25) is 0 Å². The molecular weight excluding hydrogens is 560 g/mol. The third-order valence-electron chi connectivity index (χ3n) is 7.65. The number of aliphatic hydroxyl groups excluding tert-OH is 1. The molecule has 1 aliphatic rings. The topological polar surface area (TPSA) is 155 Å². The zero-order valence-electron chi connectivity index (χ0n) is 24.3. The summed E-state index contributed by atoms with van der Waals surface area (Å²) in [5.41, 5.74) is 4.20. The van der Waals surface area contributed by atoms with Gasteiger partial charge in [-0.3, -0.25) is 19.2 Å². The van der Waals surface area contributed by atoms with E-state index in [1.807, 2.05) is 45.0 Å². The van der Waals surface area contributed by atoms with Gasteiger partial charge in [0.1, 0.15) is 12.1 Å². The zero-order chi connectivity index (χ0) is 30.6. The Balaban J connectivity index is 1.45. The summed E-state index contributed by atoms with van der Waals surface area (Å²) >= 11 is 1.56. The molecule has 3 aromatic rings. The van der Waals surface area contributed by atoms with Crippen LogP contribution >= 0.6 is 11.3 Å². The van der Waals surface area contributed by atoms with Gasteiger partial charge in [0.25, 0.3) is 5.56 Å². The second kappa shape index (κ2) is 13.5. The molecule has 0 spiro atoms. The van der Waals surface area contributed by atoms with Crippen molar-refractivity contribution in [2.75, 3.05) is 6.54 Å². The van der Waals surface area contributed by atoms with Crippen LogP contribution in [0.25, 0.3) is 10.4 Å². The lowest BCUT2D eigenvalue weighted by Gasteiger charge is -2.30. The maximum absolute atomic E-state index is 13.8. The molecule has 1 fully saturated rings. The number of unbranched alkanes of at least 4 members (excludes halogenated alkanes) is 1. The van der Waals surface area contributed by atoms with Crippen molar-refractivity contribution >= 4 is 29.1 Å². The predicted octanol–water partition coefficient (Wildman–Crippen LogP) is 3.71. The van der Waals surface area contributed by atoms with Crippen LogP contribution in [0.3, 0.4) is 0 Å². The molecule has 4 rings (SSSR count). The highest BCUT2D eigenvalue weighted by molar-refractivity contribution is 7.13. The van der Waals surface area contributed by atoms with Gasteiger partial charge < -0.3 is 25.0 Å². The number of hydrogen-bond acceptors (Lipinski definition) is 8. The van der Waals surface area contributed by atoms with Crippen molar-refractivity contribution in [1.29, 1.82) is 0 Å². The number of β-amino-alcohol motifs (C(OH)–C–C–N with tert-alkyl or cyclic N) is 1. The number of rotatable bonds is 12. The Bertz CT molecular complexity index is 1460. The Kier molecular flexibility index (Phi) is 10.00. The number of benzene rings is 1. The minimum Gasteiger partial charge on any atom is -0.481 e. The average Bonchev–Trinajstić information content (AvgIpc) is 3.64. The van der Waals surface area contributed by atoms with E-state index in [4.69, 9.17) is 9.63 Å². The van der Waals surface area contributed by atoms with Crippen LogP contribution in [0.4, 0.5) is 0 Å². The second-order valence-corrected chi connectivity index (χ2v) is 12.0. The molecule has 0 radical (unpaired) electrons. The normalized spacial score (nSPS) is 18.3. The maximum Gasteiger partial charge on any atom is 0.303 e. The number of aryl methyl sites for hydroxylation is 2. The van der Waals surface area contributed by atoms with Gasteiger partial charge >= 0.3 is 5.97 Å². The van der Waals surface area contributed by atoms with Crippen molar-refractivity contribution in [2.45, 2.75) is 84.0 Å². The van der Waals surface area contributed by atoms with E-state index >= 15 is 0 Å². The summed E-state index contributed by atoms with van der Waals surface area (Å²) in [6.45, 7) is 7.68. The van der Waals surface area contributed by atoms with Gasteiger partial charge in [-0.2, -0.15) is 4.74 Å². The van der Waals surface area contributed by atoms with Crippen LogP contribution in [-0.4, -0.2) is 61.4 Å². The predicted molar refractivity (Wildman–Crippen MR) is 157 cm³/mol. The molecule has 11 nitrogen and oxygen atoms in total. The van der Waals surface area contributed by atoms with Gasteiger partial charge in [-0.05, 0) is 43.7 Å². The molecule has 0 saturated carbocycles. The number of aliphatic carboxylic acids is 1. The molecule has 0 bridgehead atoms. The summed E-state index contributed by atoms with van der Waals surface area (Å²) in [6.07, 6.45) is -0.505. The lowest BCUT2D eigenvalue weighted by Crippen LogP contribution is -2.50. The molecule has 0 aliphatic carbocycles. The van der Waals surface area contributed by atoms with Gasteiger partial charge in [0.15, 0.2) is 5.76 Å². The summed E-state index contributed by atoms with van der Waals surface area (Å²) in [4.78, 5) is 57.2. The highest BCUT2D eigenvalue weighted by Gasteiger charge is 2.41. The molecule has 1 unspecified atom stereocenters. The van der Waals surface area contributed by atoms with E-state index in [9.17, 15) is 24.3 Å². The van der Waals surface area contributed by atoms with E-state index in [2.05, 4.69) is 10.3 Å². The van der Waals surface area contributed by atoms with Crippen molar-refractivity contribution in [1.82, 2.24) is 19.9 Å². The van der Waals surface area contributed by atoms with Crippen molar-refractivity contribution in [2.24, 2.45) is 5.92 Å². The number of hydrogen-bond donors (Lipinski definition) is 3. The lowest BCUT2D eigenvalue weighted by atomic mass is 9.91. The monoisotopic (exact) mass is 598 g/mol. The number of carbonyl (C=O) groups is 3. The number of thiazole rings is 1. The number of carboxylic acid groups (broad SMARTS) is 1. The highest BCUT2D eigenvalue weighted by atomic mass is 32.1. The Hall–Kier alpha value is -3.77. The molecule has 3 heterocycles. The SMILES string of the molecule is Cc1ncsc1-c1ccc([C@H](C)C(=O)N[C@@H]2C[C@@H](O)CN2C(=O)C(c2cc(=O)n(CCCCC(=O)O)o2)C(C)C)cc1. The standard InChI is InChI=1S/C30H38N4O7S/c1-17(2)27(23-14-25(36)34(41-23)12-6-5-7-26(37)38)30(40)33-15-22(35)13-24(33)32-29(39)18(3)20-8-10-21(11-9-20)28-19(4)31-16-42-28/h8-11,14,16-18,22,24,27,35H,5-7,12-13,15H2,1-4H3,(H,32,39)(H,37,38)/t18-,22+,24-,27?/m0/s1. The second-order valence-electron chi connectivity index (χ2n) is 11.2. The Morgan fingerprint density at radius 1 is 1.17 bits per heavy atom. The summed E-state index contributed by atoms with van der Waals surface area (Å²) in [7, 11) is 0. The number of carboxylic acids is 1. The first kappa shape index (κ1) is 31.2. The van der Waals surface area contributed by atoms with Gasteiger partial charge in [-0.15, -0.1) is 11.3 Å². The van der Waals surface area contributed by atoms with Gasteiger partial charge in [-0.1, -0.05) is 38.1 Å². The number of aliphatic hydroxyl groups is 1. The molecule has 1 saturated heterocycles. The van der Waals surface area contributed by atoms with E-state index in [-0.39, 0.29) is 49.4 Å². The van der Waals surface area contributed by atoms with Gasteiger partial charge in [-0.25, -0.2) is 4.98 Å². The minimum absolute atomic E-state index is 0.00367. The van der Waals surface area contributed by atoms with Crippen molar-refractivity contribution in [3.05, 3.63) is 63.2 Å². The third kappa shape index (κ3) is 7.16. The fourth-order valence-electron chi connectivity index (χ4n) is 5.28. The Morgan fingerprint density at radius 2 is 1.88 bits per heavy atom. The van der Waals surface area contributed by atoms with E-state index in [0.717, 1.165) is 26.4 Å². The van der Waals surface area contributed by atoms with Crippen molar-refractivity contribution in [3.63, 3.8) is 0 Å². The molecule has 226 valence electrons.